The normalized spacial score (nSPS) is 13.3. The number of anilines is 1. The number of nitrogens with one attached hydrogen (secondary N) is 1. The molecule has 2 rings (SSSR count). The predicted molar refractivity (Wildman–Crippen MR) is 80.7 cm³/mol. The molecule has 0 saturated heterocycles. The van der Waals surface area contributed by atoms with Gasteiger partial charge in [0.1, 0.15) is 0 Å². The van der Waals surface area contributed by atoms with Crippen molar-refractivity contribution in [1.82, 2.24) is 0 Å². The van der Waals surface area contributed by atoms with Crippen LogP contribution in [0.3, 0.4) is 0 Å². The molecule has 114 valence electrons. The molecule has 1 atom stereocenters. The zero-order chi connectivity index (χ0) is 15.5. The van der Waals surface area contributed by atoms with E-state index in [4.69, 9.17) is 0 Å². The zero-order valence-electron chi connectivity index (χ0n) is 11.3. The first-order valence-corrected chi connectivity index (χ1v) is 8.79. The lowest BCUT2D eigenvalue weighted by Crippen LogP contribution is -2.21. The largest absolute Gasteiger partial charge is 0.381 e. The number of sulfone groups is 1. The Balaban J connectivity index is 2.21. The van der Waals surface area contributed by atoms with Crippen molar-refractivity contribution in [2.75, 3.05) is 5.32 Å². The maximum absolute atomic E-state index is 12.7. The summed E-state index contributed by atoms with van der Waals surface area (Å²) in [6.45, 7) is 1.88. The number of rotatable bonds is 6. The first-order valence-electron chi connectivity index (χ1n) is 6.30. The standard InChI is InChI=1S/C14H15F2NO2S2/c1-10(8-11-6-7-20-9-11)17-12-4-2-3-5-13(12)21(18,19)14(15)16/h2-7,9-10,14,17H,8H2,1H3. The molecule has 0 saturated carbocycles. The summed E-state index contributed by atoms with van der Waals surface area (Å²) >= 11 is 1.58. The van der Waals surface area contributed by atoms with Crippen LogP contribution in [0.5, 0.6) is 0 Å². The van der Waals surface area contributed by atoms with Crippen LogP contribution in [-0.4, -0.2) is 20.2 Å². The molecule has 0 fully saturated rings. The number of alkyl halides is 2. The van der Waals surface area contributed by atoms with Crippen molar-refractivity contribution in [3.63, 3.8) is 0 Å². The van der Waals surface area contributed by atoms with Gasteiger partial charge in [0.05, 0.1) is 10.6 Å². The van der Waals surface area contributed by atoms with E-state index in [1.807, 2.05) is 23.8 Å². The number of thiophene rings is 1. The Morgan fingerprint density at radius 1 is 1.24 bits per heavy atom. The highest BCUT2D eigenvalue weighted by Gasteiger charge is 2.29. The molecule has 0 spiro atoms. The van der Waals surface area contributed by atoms with Gasteiger partial charge in [0.25, 0.3) is 0 Å². The minimum absolute atomic E-state index is 0.0753. The number of halogens is 2. The van der Waals surface area contributed by atoms with E-state index < -0.39 is 15.6 Å². The van der Waals surface area contributed by atoms with Crippen LogP contribution in [0.15, 0.2) is 46.0 Å². The van der Waals surface area contributed by atoms with Crippen LogP contribution in [0.1, 0.15) is 12.5 Å². The van der Waals surface area contributed by atoms with Crippen LogP contribution in [0.2, 0.25) is 0 Å². The Hall–Kier alpha value is -1.47. The number of benzene rings is 1. The van der Waals surface area contributed by atoms with Crippen LogP contribution >= 0.6 is 11.3 Å². The number of para-hydroxylation sites is 1. The van der Waals surface area contributed by atoms with E-state index in [0.717, 1.165) is 5.56 Å². The fourth-order valence-corrected chi connectivity index (χ4v) is 3.58. The Labute approximate surface area is 126 Å². The molecule has 0 aliphatic heterocycles. The van der Waals surface area contributed by atoms with Crippen LogP contribution in [0.4, 0.5) is 14.5 Å². The van der Waals surface area contributed by atoms with Crippen molar-refractivity contribution < 1.29 is 17.2 Å². The van der Waals surface area contributed by atoms with Gasteiger partial charge in [-0.25, -0.2) is 8.42 Å². The van der Waals surface area contributed by atoms with Gasteiger partial charge in [-0.1, -0.05) is 12.1 Å². The van der Waals surface area contributed by atoms with Crippen LogP contribution in [0.25, 0.3) is 0 Å². The van der Waals surface area contributed by atoms with Crippen molar-refractivity contribution >= 4 is 26.9 Å². The second-order valence-corrected chi connectivity index (χ2v) is 7.35. The first-order chi connectivity index (χ1) is 9.91. The van der Waals surface area contributed by atoms with Gasteiger partial charge in [-0.15, -0.1) is 0 Å². The molecule has 0 amide bonds. The lowest BCUT2D eigenvalue weighted by Gasteiger charge is -2.17. The number of hydrogen-bond donors (Lipinski definition) is 1. The molecule has 7 heteroatoms. The molecule has 1 unspecified atom stereocenters. The topological polar surface area (TPSA) is 46.2 Å². The third-order valence-corrected chi connectivity index (χ3v) is 5.12. The number of hydrogen-bond acceptors (Lipinski definition) is 4. The van der Waals surface area contributed by atoms with Gasteiger partial charge < -0.3 is 5.32 Å². The Morgan fingerprint density at radius 3 is 2.57 bits per heavy atom. The molecule has 21 heavy (non-hydrogen) atoms. The minimum atomic E-state index is -4.61. The summed E-state index contributed by atoms with van der Waals surface area (Å²) < 4.78 is 48.7. The van der Waals surface area contributed by atoms with Gasteiger partial charge in [-0.3, -0.25) is 0 Å². The molecular formula is C14H15F2NO2S2. The molecule has 1 aromatic carbocycles. The third kappa shape index (κ3) is 3.79. The minimum Gasteiger partial charge on any atom is -0.381 e. The summed E-state index contributed by atoms with van der Waals surface area (Å²) in [5.74, 6) is -3.42. The van der Waals surface area contributed by atoms with E-state index in [2.05, 4.69) is 5.32 Å². The molecule has 0 aliphatic carbocycles. The zero-order valence-corrected chi connectivity index (χ0v) is 12.9. The fraction of sp³-hybridized carbons (Fsp3) is 0.286. The summed E-state index contributed by atoms with van der Waals surface area (Å²) in [5, 5.41) is 6.96. The highest BCUT2D eigenvalue weighted by Crippen LogP contribution is 2.27. The van der Waals surface area contributed by atoms with Crippen LogP contribution < -0.4 is 5.32 Å². The Morgan fingerprint density at radius 2 is 1.95 bits per heavy atom. The summed E-state index contributed by atoms with van der Waals surface area (Å²) in [4.78, 5) is -0.364. The van der Waals surface area contributed by atoms with Crippen molar-refractivity contribution in [2.24, 2.45) is 0 Å². The van der Waals surface area contributed by atoms with E-state index in [9.17, 15) is 17.2 Å². The van der Waals surface area contributed by atoms with Crippen molar-refractivity contribution in [3.05, 3.63) is 46.7 Å². The molecular weight excluding hydrogens is 316 g/mol. The van der Waals surface area contributed by atoms with Gasteiger partial charge in [-0.2, -0.15) is 20.1 Å². The van der Waals surface area contributed by atoms with Gasteiger partial charge in [-0.05, 0) is 47.9 Å². The fourth-order valence-electron chi connectivity index (χ4n) is 2.01. The molecule has 3 nitrogen and oxygen atoms in total. The average Bonchev–Trinajstić information content (AvgIpc) is 2.91. The Bertz CT molecular complexity index is 685. The van der Waals surface area contributed by atoms with Gasteiger partial charge in [0, 0.05) is 6.04 Å². The lowest BCUT2D eigenvalue weighted by atomic mass is 10.1. The van der Waals surface area contributed by atoms with E-state index in [0.29, 0.717) is 6.42 Å². The highest BCUT2D eigenvalue weighted by atomic mass is 32.2. The van der Waals surface area contributed by atoms with E-state index >= 15 is 0 Å². The van der Waals surface area contributed by atoms with Crippen molar-refractivity contribution in [2.45, 2.75) is 30.0 Å². The van der Waals surface area contributed by atoms with E-state index in [1.54, 1.807) is 17.4 Å². The van der Waals surface area contributed by atoms with Gasteiger partial charge in [0.2, 0.25) is 9.84 Å². The van der Waals surface area contributed by atoms with Gasteiger partial charge >= 0.3 is 5.76 Å². The SMILES string of the molecule is CC(Cc1ccsc1)Nc1ccccc1S(=O)(=O)C(F)F. The first kappa shape index (κ1) is 15.9. The van der Waals surface area contributed by atoms with Crippen molar-refractivity contribution in [1.29, 1.82) is 0 Å². The molecule has 2 aromatic rings. The highest BCUT2D eigenvalue weighted by molar-refractivity contribution is 7.91. The summed E-state index contributed by atoms with van der Waals surface area (Å²) in [6, 6.07) is 7.65. The molecule has 0 radical (unpaired) electrons. The second-order valence-electron chi connectivity index (χ2n) is 4.68. The van der Waals surface area contributed by atoms with E-state index in [-0.39, 0.29) is 16.6 Å². The van der Waals surface area contributed by atoms with Crippen LogP contribution in [-0.2, 0) is 16.3 Å². The molecule has 1 aromatic heterocycles. The average molecular weight is 331 g/mol. The monoisotopic (exact) mass is 331 g/mol. The molecule has 1 N–H and O–H groups in total. The Kier molecular flexibility index (Phi) is 4.95. The predicted octanol–water partition coefficient (Wildman–Crippen LogP) is 3.79. The summed E-state index contributed by atoms with van der Waals surface area (Å²) in [5.41, 5.74) is 1.33. The molecule has 1 heterocycles. The third-order valence-electron chi connectivity index (χ3n) is 2.95. The quantitative estimate of drug-likeness (QED) is 0.876. The lowest BCUT2D eigenvalue weighted by molar-refractivity contribution is 0.235. The second kappa shape index (κ2) is 6.53. The van der Waals surface area contributed by atoms with Crippen molar-refractivity contribution in [3.8, 4) is 0 Å². The molecule has 0 bridgehead atoms. The summed E-state index contributed by atoms with van der Waals surface area (Å²) in [7, 11) is -4.61. The maximum atomic E-state index is 12.7. The molecule has 0 aliphatic rings. The maximum Gasteiger partial charge on any atom is 0.341 e. The smallest absolute Gasteiger partial charge is 0.341 e. The van der Waals surface area contributed by atoms with E-state index in [1.165, 1.54) is 18.2 Å². The van der Waals surface area contributed by atoms with Gasteiger partial charge in [0.15, 0.2) is 0 Å². The summed E-state index contributed by atoms with van der Waals surface area (Å²) in [6.07, 6.45) is 0.687. The van der Waals surface area contributed by atoms with Crippen LogP contribution in [0, 0.1) is 0 Å².